The van der Waals surface area contributed by atoms with Gasteiger partial charge in [-0.2, -0.15) is 0 Å². The number of aromatic nitrogens is 2. The Kier molecular flexibility index (Phi) is 4.01. The van der Waals surface area contributed by atoms with Gasteiger partial charge in [-0.05, 0) is 25.8 Å². The van der Waals surface area contributed by atoms with Crippen molar-refractivity contribution >= 4 is 27.5 Å². The minimum absolute atomic E-state index is 0.0183. The number of nitrogens with zero attached hydrogens (tertiary/aromatic N) is 2. The van der Waals surface area contributed by atoms with Gasteiger partial charge in [-0.3, -0.25) is 14.2 Å². The van der Waals surface area contributed by atoms with Gasteiger partial charge in [-0.15, -0.1) is 11.3 Å². The zero-order valence-corrected chi connectivity index (χ0v) is 13.7. The molecule has 1 aliphatic heterocycles. The lowest BCUT2D eigenvalue weighted by atomic mass is 10.2. The number of carbonyl (C=O) groups is 1. The number of thiophene rings is 1. The Labute approximate surface area is 132 Å². The van der Waals surface area contributed by atoms with Gasteiger partial charge < -0.3 is 10.1 Å². The second-order valence-electron chi connectivity index (χ2n) is 5.65. The van der Waals surface area contributed by atoms with E-state index in [1.54, 1.807) is 11.7 Å². The van der Waals surface area contributed by atoms with Crippen molar-refractivity contribution in [3.05, 3.63) is 26.6 Å². The number of carbonyl (C=O) groups excluding carboxylic acids is 1. The lowest BCUT2D eigenvalue weighted by Crippen LogP contribution is -2.35. The molecule has 6 nitrogen and oxygen atoms in total. The molecule has 1 atom stereocenters. The first-order valence-electron chi connectivity index (χ1n) is 7.35. The van der Waals surface area contributed by atoms with Crippen molar-refractivity contribution in [1.82, 2.24) is 14.9 Å². The predicted octanol–water partition coefficient (Wildman–Crippen LogP) is 1.48. The summed E-state index contributed by atoms with van der Waals surface area (Å²) in [6, 6.07) is -0.0822. The maximum absolute atomic E-state index is 12.6. The van der Waals surface area contributed by atoms with Gasteiger partial charge in [0.15, 0.2) is 0 Å². The second-order valence-corrected chi connectivity index (χ2v) is 6.65. The Bertz CT molecular complexity index is 793. The van der Waals surface area contributed by atoms with E-state index in [-0.39, 0.29) is 17.5 Å². The molecule has 1 unspecified atom stereocenters. The summed E-state index contributed by atoms with van der Waals surface area (Å²) in [7, 11) is 1.60. The van der Waals surface area contributed by atoms with E-state index in [0.29, 0.717) is 21.7 Å². The van der Waals surface area contributed by atoms with E-state index in [0.717, 1.165) is 30.8 Å². The molecular weight excluding hydrogens is 302 g/mol. The van der Waals surface area contributed by atoms with Gasteiger partial charge in [-0.25, -0.2) is 4.98 Å². The molecule has 0 spiro atoms. The molecule has 1 amide bonds. The minimum atomic E-state index is -0.172. The average molecular weight is 321 g/mol. The first-order valence-corrected chi connectivity index (χ1v) is 8.17. The van der Waals surface area contributed by atoms with Gasteiger partial charge in [0, 0.05) is 26.1 Å². The second kappa shape index (κ2) is 5.81. The molecule has 1 N–H and O–H groups in total. The summed E-state index contributed by atoms with van der Waals surface area (Å²) < 4.78 is 6.76. The van der Waals surface area contributed by atoms with Crippen LogP contribution in [-0.2, 0) is 17.7 Å². The van der Waals surface area contributed by atoms with Gasteiger partial charge in [0.05, 0.1) is 16.9 Å². The molecule has 1 aliphatic rings. The van der Waals surface area contributed by atoms with E-state index < -0.39 is 0 Å². The van der Waals surface area contributed by atoms with E-state index in [2.05, 4.69) is 10.3 Å². The van der Waals surface area contributed by atoms with Crippen molar-refractivity contribution in [2.75, 3.05) is 13.7 Å². The fourth-order valence-electron chi connectivity index (χ4n) is 2.87. The Hall–Kier alpha value is -1.73. The first kappa shape index (κ1) is 15.2. The van der Waals surface area contributed by atoms with Crippen LogP contribution in [0.3, 0.4) is 0 Å². The third-order valence-electron chi connectivity index (χ3n) is 3.91. The highest BCUT2D eigenvalue weighted by atomic mass is 32.1. The van der Waals surface area contributed by atoms with Gasteiger partial charge in [0.25, 0.3) is 11.5 Å². The fourth-order valence-corrected chi connectivity index (χ4v) is 3.97. The van der Waals surface area contributed by atoms with E-state index in [4.69, 9.17) is 4.74 Å². The number of nitrogens with one attached hydrogen (secondary N) is 1. The average Bonchev–Trinajstić information content (AvgIpc) is 3.04. The summed E-state index contributed by atoms with van der Waals surface area (Å²) in [5, 5.41) is 3.47. The normalized spacial score (nSPS) is 15.0. The lowest BCUT2D eigenvalue weighted by molar-refractivity contribution is 0.0909. The number of aryl methyl sites for hydroxylation is 2. The van der Waals surface area contributed by atoms with Crippen molar-refractivity contribution < 1.29 is 9.53 Å². The number of fused-ring (bicyclic) bond motifs is 2. The summed E-state index contributed by atoms with van der Waals surface area (Å²) in [5.41, 5.74) is 0.706. The first-order chi connectivity index (χ1) is 10.5. The monoisotopic (exact) mass is 321 g/mol. The molecule has 0 fully saturated rings. The molecule has 22 heavy (non-hydrogen) atoms. The van der Waals surface area contributed by atoms with Crippen molar-refractivity contribution in [2.45, 2.75) is 39.3 Å². The maximum atomic E-state index is 12.6. The Morgan fingerprint density at radius 1 is 1.55 bits per heavy atom. The molecule has 0 bridgehead atoms. The van der Waals surface area contributed by atoms with Gasteiger partial charge >= 0.3 is 0 Å². The van der Waals surface area contributed by atoms with Crippen LogP contribution in [0.5, 0.6) is 0 Å². The van der Waals surface area contributed by atoms with Crippen LogP contribution in [0.25, 0.3) is 10.2 Å². The molecular formula is C15H19N3O3S. The topological polar surface area (TPSA) is 73.2 Å². The predicted molar refractivity (Wildman–Crippen MR) is 85.7 cm³/mol. The number of ether oxygens (including phenoxy) is 1. The molecule has 0 aliphatic carbocycles. The van der Waals surface area contributed by atoms with Crippen LogP contribution in [0, 0.1) is 6.92 Å². The van der Waals surface area contributed by atoms with E-state index in [1.807, 2.05) is 13.8 Å². The summed E-state index contributed by atoms with van der Waals surface area (Å²) >= 11 is 1.29. The van der Waals surface area contributed by atoms with Crippen LogP contribution in [0.2, 0.25) is 0 Å². The Morgan fingerprint density at radius 2 is 2.32 bits per heavy atom. The largest absolute Gasteiger partial charge is 0.383 e. The summed E-state index contributed by atoms with van der Waals surface area (Å²) in [6.45, 7) is 4.87. The zero-order chi connectivity index (χ0) is 15.9. The van der Waals surface area contributed by atoms with Crippen LogP contribution in [0.15, 0.2) is 4.79 Å². The number of amides is 1. The summed E-state index contributed by atoms with van der Waals surface area (Å²) in [4.78, 5) is 30.8. The lowest BCUT2D eigenvalue weighted by Gasteiger charge is -2.12. The van der Waals surface area contributed by atoms with Crippen LogP contribution in [-0.4, -0.2) is 35.2 Å². The van der Waals surface area contributed by atoms with Gasteiger partial charge in [0.1, 0.15) is 10.7 Å². The third kappa shape index (κ3) is 2.44. The van der Waals surface area contributed by atoms with Crippen LogP contribution in [0.4, 0.5) is 0 Å². The molecule has 0 radical (unpaired) electrons. The Morgan fingerprint density at radius 3 is 3.05 bits per heavy atom. The molecule has 0 saturated carbocycles. The number of methoxy groups -OCH3 is 1. The number of hydrogen-bond acceptors (Lipinski definition) is 5. The molecule has 2 aromatic heterocycles. The zero-order valence-electron chi connectivity index (χ0n) is 12.9. The van der Waals surface area contributed by atoms with E-state index >= 15 is 0 Å². The van der Waals surface area contributed by atoms with Crippen LogP contribution >= 0.6 is 11.3 Å². The molecule has 0 saturated heterocycles. The minimum Gasteiger partial charge on any atom is -0.383 e. The maximum Gasteiger partial charge on any atom is 0.262 e. The molecule has 3 rings (SSSR count). The van der Waals surface area contributed by atoms with Crippen LogP contribution < -0.4 is 10.9 Å². The Balaban J connectivity index is 2.02. The van der Waals surface area contributed by atoms with Crippen molar-refractivity contribution in [1.29, 1.82) is 0 Å². The van der Waals surface area contributed by atoms with Crippen molar-refractivity contribution in [2.24, 2.45) is 0 Å². The summed E-state index contributed by atoms with van der Waals surface area (Å²) in [5.74, 6) is 0.660. The third-order valence-corrected chi connectivity index (χ3v) is 5.10. The molecule has 2 aromatic rings. The summed E-state index contributed by atoms with van der Waals surface area (Å²) in [6.07, 6.45) is 1.79. The number of hydrogen-bond donors (Lipinski definition) is 1. The highest BCUT2D eigenvalue weighted by Crippen LogP contribution is 2.28. The van der Waals surface area contributed by atoms with Crippen LogP contribution in [0.1, 0.15) is 34.4 Å². The van der Waals surface area contributed by atoms with Gasteiger partial charge in [0.2, 0.25) is 0 Å². The highest BCUT2D eigenvalue weighted by Gasteiger charge is 2.23. The SMILES string of the molecule is COCC(C)NC(=O)c1sc2nc3n(c(=O)c2c1C)CCC3. The van der Waals surface area contributed by atoms with E-state index in [9.17, 15) is 9.59 Å². The fraction of sp³-hybridized carbons (Fsp3) is 0.533. The van der Waals surface area contributed by atoms with Crippen molar-refractivity contribution in [3.63, 3.8) is 0 Å². The smallest absolute Gasteiger partial charge is 0.262 e. The van der Waals surface area contributed by atoms with Gasteiger partial charge in [-0.1, -0.05) is 0 Å². The molecule has 118 valence electrons. The molecule has 3 heterocycles. The quantitative estimate of drug-likeness (QED) is 0.926. The molecule has 0 aromatic carbocycles. The van der Waals surface area contributed by atoms with E-state index in [1.165, 1.54) is 11.3 Å². The standard InChI is InChI=1S/C15H19N3O3S/c1-8(7-21-3)16-13(19)12-9(2)11-14(22-12)17-10-5-4-6-18(10)15(11)20/h8H,4-7H2,1-3H3,(H,16,19). The van der Waals surface area contributed by atoms with Crippen molar-refractivity contribution in [3.8, 4) is 0 Å². The molecule has 7 heteroatoms. The highest BCUT2D eigenvalue weighted by molar-refractivity contribution is 7.20. The number of rotatable bonds is 4.